The number of esters is 1. The Morgan fingerprint density at radius 3 is 2.14 bits per heavy atom. The summed E-state index contributed by atoms with van der Waals surface area (Å²) in [6.45, 7) is 5.40. The van der Waals surface area contributed by atoms with Gasteiger partial charge in [0.2, 0.25) is 15.9 Å². The van der Waals surface area contributed by atoms with Crippen LogP contribution in [0.3, 0.4) is 0 Å². The van der Waals surface area contributed by atoms with E-state index in [1.54, 1.807) is 43.3 Å². The molecule has 0 spiro atoms. The van der Waals surface area contributed by atoms with Crippen LogP contribution in [0.15, 0.2) is 48.5 Å². The number of hydrogen-bond acceptors (Lipinski definition) is 5. The Labute approximate surface area is 165 Å². The first kappa shape index (κ1) is 21.4. The minimum atomic E-state index is -3.68. The zero-order valence-electron chi connectivity index (χ0n) is 16.3. The quantitative estimate of drug-likeness (QED) is 0.716. The Morgan fingerprint density at radius 2 is 1.64 bits per heavy atom. The number of anilines is 2. The summed E-state index contributed by atoms with van der Waals surface area (Å²) in [5.41, 5.74) is 2.21. The molecule has 28 heavy (non-hydrogen) atoms. The Bertz CT molecular complexity index is 938. The van der Waals surface area contributed by atoms with Gasteiger partial charge in [-0.15, -0.1) is 0 Å². The fourth-order valence-corrected chi connectivity index (χ4v) is 3.83. The van der Waals surface area contributed by atoms with E-state index in [0.717, 1.165) is 16.1 Å². The van der Waals surface area contributed by atoms with E-state index in [0.29, 0.717) is 16.9 Å². The van der Waals surface area contributed by atoms with Crippen molar-refractivity contribution in [1.29, 1.82) is 0 Å². The van der Waals surface area contributed by atoms with Crippen molar-refractivity contribution in [3.63, 3.8) is 0 Å². The van der Waals surface area contributed by atoms with Gasteiger partial charge in [-0.3, -0.25) is 9.10 Å². The number of ether oxygens (including phenoxy) is 1. The summed E-state index contributed by atoms with van der Waals surface area (Å²) in [5.74, 6) is -0.939. The first-order valence-electron chi connectivity index (χ1n) is 8.77. The molecule has 0 saturated heterocycles. The Balaban J connectivity index is 2.19. The molecule has 150 valence electrons. The molecule has 0 radical (unpaired) electrons. The van der Waals surface area contributed by atoms with Gasteiger partial charge in [-0.25, -0.2) is 13.2 Å². The molecular formula is C20H24N2O5S. The van der Waals surface area contributed by atoms with E-state index in [4.69, 9.17) is 4.74 Å². The Hall–Kier alpha value is -2.87. The van der Waals surface area contributed by atoms with Gasteiger partial charge >= 0.3 is 5.97 Å². The van der Waals surface area contributed by atoms with Gasteiger partial charge in [0.15, 0.2) is 0 Å². The number of rotatable bonds is 7. The molecular weight excluding hydrogens is 380 g/mol. The highest BCUT2D eigenvalue weighted by Gasteiger charge is 2.29. The summed E-state index contributed by atoms with van der Waals surface area (Å²) in [5, 5.41) is 2.68. The van der Waals surface area contributed by atoms with Crippen LogP contribution < -0.4 is 9.62 Å². The van der Waals surface area contributed by atoms with Crippen LogP contribution in [-0.4, -0.2) is 39.2 Å². The van der Waals surface area contributed by atoms with Crippen LogP contribution in [0.4, 0.5) is 11.4 Å². The predicted octanol–water partition coefficient (Wildman–Crippen LogP) is 2.96. The van der Waals surface area contributed by atoms with E-state index >= 15 is 0 Å². The highest BCUT2D eigenvalue weighted by molar-refractivity contribution is 7.92. The molecule has 0 aliphatic carbocycles. The third-order valence-corrected chi connectivity index (χ3v) is 5.28. The highest BCUT2D eigenvalue weighted by Crippen LogP contribution is 2.22. The number of nitrogens with one attached hydrogen (secondary N) is 1. The molecule has 0 aliphatic rings. The number of nitrogens with zero attached hydrogens (tertiary/aromatic N) is 1. The molecule has 8 heteroatoms. The molecule has 0 unspecified atom stereocenters. The SMILES string of the molecule is CCOC(=O)c1ccc(NC(=O)[C@@H](C)N(c2ccc(C)cc2)S(C)(=O)=O)cc1. The van der Waals surface area contributed by atoms with Gasteiger partial charge < -0.3 is 10.1 Å². The number of carbonyl (C=O) groups is 2. The van der Waals surface area contributed by atoms with Crippen molar-refractivity contribution < 1.29 is 22.7 Å². The summed E-state index contributed by atoms with van der Waals surface area (Å²) >= 11 is 0. The molecule has 1 amide bonds. The van der Waals surface area contributed by atoms with Gasteiger partial charge in [0.05, 0.1) is 24.1 Å². The zero-order valence-corrected chi connectivity index (χ0v) is 17.1. The third kappa shape index (κ3) is 5.32. The van der Waals surface area contributed by atoms with Crippen molar-refractivity contribution in [2.75, 3.05) is 22.5 Å². The van der Waals surface area contributed by atoms with Crippen LogP contribution in [0.1, 0.15) is 29.8 Å². The van der Waals surface area contributed by atoms with Crippen LogP contribution in [0.2, 0.25) is 0 Å². The topological polar surface area (TPSA) is 92.8 Å². The number of aryl methyl sites for hydroxylation is 1. The van der Waals surface area contributed by atoms with Crippen molar-refractivity contribution in [2.24, 2.45) is 0 Å². The lowest BCUT2D eigenvalue weighted by Gasteiger charge is -2.28. The van der Waals surface area contributed by atoms with Crippen molar-refractivity contribution in [3.8, 4) is 0 Å². The van der Waals surface area contributed by atoms with Gasteiger partial charge in [0, 0.05) is 5.69 Å². The van der Waals surface area contributed by atoms with Crippen LogP contribution >= 0.6 is 0 Å². The maximum Gasteiger partial charge on any atom is 0.338 e. The average molecular weight is 404 g/mol. The first-order valence-corrected chi connectivity index (χ1v) is 10.6. The van der Waals surface area contributed by atoms with E-state index < -0.39 is 27.9 Å². The summed E-state index contributed by atoms with van der Waals surface area (Å²) in [4.78, 5) is 24.3. The Morgan fingerprint density at radius 1 is 1.07 bits per heavy atom. The second-order valence-corrected chi connectivity index (χ2v) is 8.22. The van der Waals surface area contributed by atoms with Crippen molar-refractivity contribution >= 4 is 33.3 Å². The standard InChI is InChI=1S/C20H24N2O5S/c1-5-27-20(24)16-8-10-17(11-9-16)21-19(23)15(3)22(28(4,25)26)18-12-6-14(2)7-13-18/h6-13,15H,5H2,1-4H3,(H,21,23)/t15-/m1/s1. The summed E-state index contributed by atoms with van der Waals surface area (Å²) in [7, 11) is -3.68. The molecule has 1 atom stereocenters. The fourth-order valence-electron chi connectivity index (χ4n) is 2.65. The number of amides is 1. The largest absolute Gasteiger partial charge is 0.462 e. The van der Waals surface area contributed by atoms with Crippen molar-refractivity contribution in [3.05, 3.63) is 59.7 Å². The van der Waals surface area contributed by atoms with Gasteiger partial charge in [0.25, 0.3) is 0 Å². The molecule has 0 aromatic heterocycles. The van der Waals surface area contributed by atoms with Gasteiger partial charge in [0.1, 0.15) is 6.04 Å². The lowest BCUT2D eigenvalue weighted by molar-refractivity contribution is -0.116. The fraction of sp³-hybridized carbons (Fsp3) is 0.300. The van der Waals surface area contributed by atoms with Crippen LogP contribution in [0, 0.1) is 6.92 Å². The van der Waals surface area contributed by atoms with E-state index in [2.05, 4.69) is 5.32 Å². The zero-order chi connectivity index (χ0) is 20.9. The molecule has 7 nitrogen and oxygen atoms in total. The average Bonchev–Trinajstić information content (AvgIpc) is 2.63. The molecule has 0 bridgehead atoms. The molecule has 1 N–H and O–H groups in total. The van der Waals surface area contributed by atoms with Gasteiger partial charge in [-0.2, -0.15) is 0 Å². The van der Waals surface area contributed by atoms with Crippen molar-refractivity contribution in [2.45, 2.75) is 26.8 Å². The lowest BCUT2D eigenvalue weighted by Crippen LogP contribution is -2.45. The minimum Gasteiger partial charge on any atom is -0.462 e. The van der Waals surface area contributed by atoms with E-state index in [-0.39, 0.29) is 6.61 Å². The summed E-state index contributed by atoms with van der Waals surface area (Å²) in [6.07, 6.45) is 1.06. The van der Waals surface area contributed by atoms with Gasteiger partial charge in [-0.1, -0.05) is 17.7 Å². The normalized spacial score (nSPS) is 12.1. The predicted molar refractivity (Wildman–Crippen MR) is 109 cm³/mol. The summed E-state index contributed by atoms with van der Waals surface area (Å²) in [6, 6.07) is 12.1. The molecule has 0 fully saturated rings. The lowest BCUT2D eigenvalue weighted by atomic mass is 10.2. The van der Waals surface area contributed by atoms with Crippen LogP contribution in [-0.2, 0) is 19.6 Å². The smallest absolute Gasteiger partial charge is 0.338 e. The highest BCUT2D eigenvalue weighted by atomic mass is 32.2. The minimum absolute atomic E-state index is 0.273. The van der Waals surface area contributed by atoms with Crippen molar-refractivity contribution in [1.82, 2.24) is 0 Å². The molecule has 0 aliphatic heterocycles. The van der Waals surface area contributed by atoms with E-state index in [9.17, 15) is 18.0 Å². The molecule has 2 rings (SSSR count). The van der Waals surface area contributed by atoms with Gasteiger partial charge in [-0.05, 0) is 57.2 Å². The first-order chi connectivity index (χ1) is 13.1. The monoisotopic (exact) mass is 404 g/mol. The molecule has 2 aromatic carbocycles. The number of benzene rings is 2. The second kappa shape index (κ2) is 8.88. The van der Waals surface area contributed by atoms with Crippen LogP contribution in [0.25, 0.3) is 0 Å². The molecule has 2 aromatic rings. The number of sulfonamides is 1. The second-order valence-electron chi connectivity index (χ2n) is 6.36. The van der Waals surface area contributed by atoms with E-state index in [1.807, 2.05) is 6.92 Å². The van der Waals surface area contributed by atoms with Crippen LogP contribution in [0.5, 0.6) is 0 Å². The number of hydrogen-bond donors (Lipinski definition) is 1. The maximum atomic E-state index is 12.7. The third-order valence-electron chi connectivity index (χ3n) is 4.04. The van der Waals surface area contributed by atoms with E-state index in [1.165, 1.54) is 19.1 Å². The molecule has 0 heterocycles. The summed E-state index contributed by atoms with van der Waals surface area (Å²) < 4.78 is 30.6. The Kier molecular flexibility index (Phi) is 6.80. The molecule has 0 saturated carbocycles. The number of carbonyl (C=O) groups excluding carboxylic acids is 2. The maximum absolute atomic E-state index is 12.7.